The molecule has 3 aromatic heterocycles. The number of hydrogen-bond donors (Lipinski definition) is 2. The molecule has 0 saturated heterocycles. The van der Waals surface area contributed by atoms with E-state index in [2.05, 4.69) is 30.7 Å². The Hall–Kier alpha value is -4.41. The monoisotopic (exact) mass is 492 g/mol. The fourth-order valence-corrected chi connectivity index (χ4v) is 3.03. The molecule has 2 N–H and O–H groups in total. The summed E-state index contributed by atoms with van der Waals surface area (Å²) < 4.78 is 79.0. The second-order valence-electron chi connectivity index (χ2n) is 7.14. The molecule has 14 heteroatoms. The highest BCUT2D eigenvalue weighted by molar-refractivity contribution is 5.66. The van der Waals surface area contributed by atoms with E-state index in [1.807, 2.05) is 6.07 Å². The van der Waals surface area contributed by atoms with E-state index >= 15 is 0 Å². The van der Waals surface area contributed by atoms with Crippen LogP contribution in [-0.4, -0.2) is 37.7 Å². The summed E-state index contributed by atoms with van der Waals surface area (Å²) >= 11 is 0. The van der Waals surface area contributed by atoms with Crippen molar-refractivity contribution < 1.29 is 26.3 Å². The van der Waals surface area contributed by atoms with E-state index in [9.17, 15) is 26.3 Å². The third-order valence-electron chi connectivity index (χ3n) is 4.69. The Morgan fingerprint density at radius 2 is 1.60 bits per heavy atom. The predicted octanol–water partition coefficient (Wildman–Crippen LogP) is 4.62. The number of nitrogens with zero attached hydrogens (tertiary/aromatic N) is 6. The Kier molecular flexibility index (Phi) is 6.16. The van der Waals surface area contributed by atoms with Gasteiger partial charge in [0.1, 0.15) is 11.9 Å². The first-order chi connectivity index (χ1) is 16.5. The van der Waals surface area contributed by atoms with E-state index in [0.29, 0.717) is 11.4 Å². The van der Waals surface area contributed by atoms with Gasteiger partial charge in [0.2, 0.25) is 5.95 Å². The fourth-order valence-electron chi connectivity index (χ4n) is 3.03. The molecule has 0 unspecified atom stereocenters. The molecule has 0 aliphatic carbocycles. The van der Waals surface area contributed by atoms with Crippen molar-refractivity contribution in [3.63, 3.8) is 0 Å². The lowest BCUT2D eigenvalue weighted by Gasteiger charge is -2.11. The van der Waals surface area contributed by atoms with Gasteiger partial charge in [-0.3, -0.25) is 0 Å². The number of pyridine rings is 1. The SMILES string of the molecule is N#Cc1ccc(NCCNc2nc(-c3ccc(C(F)(F)F)cc3)cc3nc(C(F)(F)F)nn23)nc1. The molecule has 0 saturated carbocycles. The predicted molar refractivity (Wildman–Crippen MR) is 112 cm³/mol. The van der Waals surface area contributed by atoms with Crippen molar-refractivity contribution in [2.75, 3.05) is 23.7 Å². The summed E-state index contributed by atoms with van der Waals surface area (Å²) in [5.74, 6) is -0.996. The number of benzene rings is 1. The molecule has 0 spiro atoms. The molecule has 0 atom stereocenters. The van der Waals surface area contributed by atoms with Crippen molar-refractivity contribution in [2.45, 2.75) is 12.4 Å². The Morgan fingerprint density at radius 3 is 2.20 bits per heavy atom. The van der Waals surface area contributed by atoms with Crippen LogP contribution in [0.5, 0.6) is 0 Å². The standard InChI is InChI=1S/C21H14F6N8/c22-20(23,24)14-4-2-13(3-5-14)15-9-17-33-18(21(25,26)27)34-35(17)19(32-15)30-8-7-29-16-6-1-12(10-28)11-31-16/h1-6,9,11H,7-8H2,(H,29,31)(H,30,32). The number of anilines is 2. The summed E-state index contributed by atoms with van der Waals surface area (Å²) in [5, 5.41) is 18.1. The minimum Gasteiger partial charge on any atom is -0.368 e. The molecular weight excluding hydrogens is 478 g/mol. The van der Waals surface area contributed by atoms with Crippen LogP contribution in [0.1, 0.15) is 17.0 Å². The number of halogens is 6. The number of fused-ring (bicyclic) bond motifs is 1. The molecule has 0 bridgehead atoms. The number of rotatable bonds is 6. The minimum atomic E-state index is -4.80. The summed E-state index contributed by atoms with van der Waals surface area (Å²) in [4.78, 5) is 11.8. The molecule has 0 amide bonds. The quantitative estimate of drug-likeness (QED) is 0.299. The lowest BCUT2D eigenvalue weighted by atomic mass is 10.1. The van der Waals surface area contributed by atoms with Crippen molar-refractivity contribution in [1.82, 2.24) is 24.6 Å². The second kappa shape index (κ2) is 9.09. The van der Waals surface area contributed by atoms with E-state index in [0.717, 1.165) is 16.6 Å². The topological polar surface area (TPSA) is 104 Å². The largest absolute Gasteiger partial charge is 0.453 e. The van der Waals surface area contributed by atoms with E-state index < -0.39 is 23.7 Å². The van der Waals surface area contributed by atoms with Crippen LogP contribution in [-0.2, 0) is 12.4 Å². The average Bonchev–Trinajstić information content (AvgIpc) is 3.27. The molecule has 180 valence electrons. The normalized spacial score (nSPS) is 11.9. The van der Waals surface area contributed by atoms with Gasteiger partial charge in [0.25, 0.3) is 5.82 Å². The first-order valence-corrected chi connectivity index (χ1v) is 9.91. The van der Waals surface area contributed by atoms with Crippen molar-refractivity contribution >= 4 is 17.4 Å². The van der Waals surface area contributed by atoms with Gasteiger partial charge in [-0.25, -0.2) is 15.0 Å². The molecule has 4 aromatic rings. The van der Waals surface area contributed by atoms with Crippen molar-refractivity contribution in [2.24, 2.45) is 0 Å². The van der Waals surface area contributed by atoms with Gasteiger partial charge >= 0.3 is 12.4 Å². The maximum atomic E-state index is 13.2. The summed E-state index contributed by atoms with van der Waals surface area (Å²) in [5.41, 5.74) is -0.319. The number of nitrogens with one attached hydrogen (secondary N) is 2. The molecule has 3 heterocycles. The van der Waals surface area contributed by atoms with Crippen LogP contribution in [0.2, 0.25) is 0 Å². The Labute approximate surface area is 193 Å². The van der Waals surface area contributed by atoms with Gasteiger partial charge < -0.3 is 10.6 Å². The molecule has 0 aliphatic rings. The van der Waals surface area contributed by atoms with Gasteiger partial charge in [0.05, 0.1) is 16.8 Å². The van der Waals surface area contributed by atoms with Crippen LogP contribution in [0, 0.1) is 11.3 Å². The second-order valence-corrected chi connectivity index (χ2v) is 7.14. The number of aromatic nitrogens is 5. The zero-order valence-corrected chi connectivity index (χ0v) is 17.5. The van der Waals surface area contributed by atoms with Crippen LogP contribution in [0.15, 0.2) is 48.7 Å². The van der Waals surface area contributed by atoms with Gasteiger partial charge in [0, 0.05) is 30.9 Å². The fraction of sp³-hybridized carbons (Fsp3) is 0.190. The summed E-state index contributed by atoms with van der Waals surface area (Å²) in [7, 11) is 0. The lowest BCUT2D eigenvalue weighted by molar-refractivity contribution is -0.144. The maximum absolute atomic E-state index is 13.2. The van der Waals surface area contributed by atoms with Crippen LogP contribution in [0.3, 0.4) is 0 Å². The molecule has 0 fully saturated rings. The molecular formula is C21H14F6N8. The van der Waals surface area contributed by atoms with Crippen molar-refractivity contribution in [3.8, 4) is 17.3 Å². The Morgan fingerprint density at radius 1 is 0.886 bits per heavy atom. The minimum absolute atomic E-state index is 0.0880. The number of nitriles is 1. The third kappa shape index (κ3) is 5.40. The maximum Gasteiger partial charge on any atom is 0.453 e. The first-order valence-electron chi connectivity index (χ1n) is 9.91. The first kappa shape index (κ1) is 23.7. The van der Waals surface area contributed by atoms with Gasteiger partial charge in [0.15, 0.2) is 5.65 Å². The smallest absolute Gasteiger partial charge is 0.368 e. The molecule has 1 aromatic carbocycles. The summed E-state index contributed by atoms with van der Waals surface area (Å²) in [6.45, 7) is 0.439. The summed E-state index contributed by atoms with van der Waals surface area (Å²) in [6.07, 6.45) is -7.96. The zero-order chi connectivity index (χ0) is 25.2. The highest BCUT2D eigenvalue weighted by atomic mass is 19.4. The van der Waals surface area contributed by atoms with Gasteiger partial charge in [-0.1, -0.05) is 12.1 Å². The van der Waals surface area contributed by atoms with Crippen LogP contribution in [0.25, 0.3) is 16.9 Å². The zero-order valence-electron chi connectivity index (χ0n) is 17.5. The lowest BCUT2D eigenvalue weighted by Crippen LogP contribution is -2.17. The molecule has 35 heavy (non-hydrogen) atoms. The van der Waals surface area contributed by atoms with E-state index in [1.54, 1.807) is 12.1 Å². The highest BCUT2D eigenvalue weighted by Gasteiger charge is 2.37. The van der Waals surface area contributed by atoms with E-state index in [1.165, 1.54) is 24.4 Å². The number of hydrogen-bond acceptors (Lipinski definition) is 7. The van der Waals surface area contributed by atoms with Gasteiger partial charge in [-0.2, -0.15) is 36.1 Å². The Balaban J connectivity index is 1.59. The van der Waals surface area contributed by atoms with Gasteiger partial charge in [-0.05, 0) is 24.3 Å². The van der Waals surface area contributed by atoms with Crippen molar-refractivity contribution in [3.05, 3.63) is 65.6 Å². The third-order valence-corrected chi connectivity index (χ3v) is 4.69. The van der Waals surface area contributed by atoms with Crippen LogP contribution < -0.4 is 10.6 Å². The van der Waals surface area contributed by atoms with Crippen molar-refractivity contribution in [1.29, 1.82) is 5.26 Å². The Bertz CT molecular complexity index is 1370. The molecule has 4 rings (SSSR count). The van der Waals surface area contributed by atoms with Crippen LogP contribution in [0.4, 0.5) is 38.1 Å². The molecule has 8 nitrogen and oxygen atoms in total. The van der Waals surface area contributed by atoms with Gasteiger partial charge in [-0.15, -0.1) is 5.10 Å². The molecule has 0 aliphatic heterocycles. The summed E-state index contributed by atoms with van der Waals surface area (Å²) in [6, 6.07) is 10.4. The average molecular weight is 492 g/mol. The molecule has 0 radical (unpaired) electrons. The van der Waals surface area contributed by atoms with E-state index in [-0.39, 0.29) is 35.9 Å². The van der Waals surface area contributed by atoms with E-state index in [4.69, 9.17) is 5.26 Å². The number of alkyl halides is 6. The highest BCUT2D eigenvalue weighted by Crippen LogP contribution is 2.32. The van der Waals surface area contributed by atoms with Crippen LogP contribution >= 0.6 is 0 Å².